The molecule has 5 heteroatoms. The number of unbranched alkanes of at least 4 members (excludes halogenated alkanes) is 9. The topological polar surface area (TPSA) is 48.5 Å². The van der Waals surface area contributed by atoms with Crippen LogP contribution in [0, 0.1) is 25.2 Å². The Morgan fingerprint density at radius 1 is 0.775 bits per heavy atom. The minimum absolute atomic E-state index is 0.153. The summed E-state index contributed by atoms with van der Waals surface area (Å²) in [4.78, 5) is 2.05. The van der Waals surface area contributed by atoms with Gasteiger partial charge in [0, 0.05) is 16.8 Å². The lowest BCUT2D eigenvalue weighted by Crippen LogP contribution is -2.26. The highest BCUT2D eigenvalue weighted by atomic mass is 32.1. The van der Waals surface area contributed by atoms with E-state index in [1.165, 1.54) is 68.9 Å². The molecule has 220 valence electrons. The van der Waals surface area contributed by atoms with Gasteiger partial charge in [0.25, 0.3) is 0 Å². The van der Waals surface area contributed by atoms with Crippen molar-refractivity contribution >= 4 is 25.3 Å². The summed E-state index contributed by atoms with van der Waals surface area (Å²) in [5, 5.41) is 19.3. The molecule has 0 heterocycles. The highest BCUT2D eigenvalue weighted by molar-refractivity contribution is 7.80. The SMILES string of the molecule is CCCCCCCCCCCCC(C#N)(CCCC(CCc1cccc(C)c1S)/N=N/C)c1cccc(C)c1S. The monoisotopic (exact) mass is 579 g/mol. The summed E-state index contributed by atoms with van der Waals surface area (Å²) in [6.45, 7) is 6.47. The van der Waals surface area contributed by atoms with Crippen molar-refractivity contribution in [2.75, 3.05) is 7.05 Å². The van der Waals surface area contributed by atoms with Gasteiger partial charge in [-0.2, -0.15) is 15.5 Å². The molecule has 0 radical (unpaired) electrons. The van der Waals surface area contributed by atoms with Crippen LogP contribution in [-0.4, -0.2) is 13.1 Å². The molecule has 0 N–H and O–H groups in total. The molecule has 0 aliphatic heterocycles. The maximum absolute atomic E-state index is 10.6. The normalized spacial score (nSPS) is 13.8. The van der Waals surface area contributed by atoms with E-state index in [0.29, 0.717) is 0 Å². The first-order valence-electron chi connectivity index (χ1n) is 15.6. The summed E-state index contributed by atoms with van der Waals surface area (Å²) < 4.78 is 0. The average Bonchev–Trinajstić information content (AvgIpc) is 2.95. The quantitative estimate of drug-likeness (QED) is 0.0914. The summed E-state index contributed by atoms with van der Waals surface area (Å²) in [6, 6.07) is 15.6. The first kappa shape index (κ1) is 34.4. The van der Waals surface area contributed by atoms with Crippen LogP contribution in [0.5, 0.6) is 0 Å². The number of azo groups is 1. The lowest BCUT2D eigenvalue weighted by atomic mass is 9.73. The molecule has 0 spiro atoms. The fourth-order valence-corrected chi connectivity index (χ4v) is 6.46. The molecular weight excluding hydrogens is 527 g/mol. The predicted molar refractivity (Wildman–Crippen MR) is 177 cm³/mol. The molecule has 0 amide bonds. The number of nitrogens with zero attached hydrogens (tertiary/aromatic N) is 3. The van der Waals surface area contributed by atoms with Crippen LogP contribution in [0.1, 0.15) is 125 Å². The fourth-order valence-electron chi connectivity index (χ4n) is 5.83. The highest BCUT2D eigenvalue weighted by Crippen LogP contribution is 2.40. The number of nitriles is 1. The lowest BCUT2D eigenvalue weighted by molar-refractivity contribution is 0.395. The molecule has 2 unspecified atom stereocenters. The van der Waals surface area contributed by atoms with Crippen LogP contribution in [-0.2, 0) is 11.8 Å². The summed E-state index contributed by atoms with van der Waals surface area (Å²) in [6.07, 6.45) is 18.5. The van der Waals surface area contributed by atoms with E-state index in [2.05, 4.69) is 73.5 Å². The Hall–Kier alpha value is -1.77. The summed E-state index contributed by atoms with van der Waals surface area (Å²) >= 11 is 9.60. The van der Waals surface area contributed by atoms with E-state index in [-0.39, 0.29) is 6.04 Å². The van der Waals surface area contributed by atoms with Gasteiger partial charge in [-0.25, -0.2) is 0 Å². The molecular formula is C35H53N3S2. The lowest BCUT2D eigenvalue weighted by Gasteiger charge is -2.30. The molecule has 0 saturated heterocycles. The Balaban J connectivity index is 1.99. The molecule has 0 aliphatic carbocycles. The number of aryl methyl sites for hydroxylation is 3. The van der Waals surface area contributed by atoms with Crippen LogP contribution >= 0.6 is 25.3 Å². The Morgan fingerprint density at radius 3 is 1.98 bits per heavy atom. The Morgan fingerprint density at radius 2 is 1.35 bits per heavy atom. The Labute approximate surface area is 256 Å². The van der Waals surface area contributed by atoms with Crippen LogP contribution in [0.3, 0.4) is 0 Å². The minimum atomic E-state index is -0.508. The average molecular weight is 580 g/mol. The van der Waals surface area contributed by atoms with E-state index >= 15 is 0 Å². The van der Waals surface area contributed by atoms with Crippen LogP contribution < -0.4 is 0 Å². The maximum Gasteiger partial charge on any atom is 0.0833 e. The Kier molecular flexibility index (Phi) is 16.7. The first-order chi connectivity index (χ1) is 19.4. The molecule has 0 aliphatic rings. The van der Waals surface area contributed by atoms with Crippen molar-refractivity contribution in [1.29, 1.82) is 5.26 Å². The summed E-state index contributed by atoms with van der Waals surface area (Å²) in [7, 11) is 1.76. The molecule has 2 aromatic rings. The third kappa shape index (κ3) is 11.2. The van der Waals surface area contributed by atoms with Gasteiger partial charge in [-0.1, -0.05) is 108 Å². The van der Waals surface area contributed by atoms with Crippen molar-refractivity contribution in [3.8, 4) is 6.07 Å². The second-order valence-electron chi connectivity index (χ2n) is 11.6. The van der Waals surface area contributed by atoms with E-state index in [1.54, 1.807) is 7.05 Å². The number of benzene rings is 2. The van der Waals surface area contributed by atoms with Gasteiger partial charge in [0.15, 0.2) is 0 Å². The van der Waals surface area contributed by atoms with E-state index in [4.69, 9.17) is 25.3 Å². The van der Waals surface area contributed by atoms with E-state index in [0.717, 1.165) is 65.9 Å². The van der Waals surface area contributed by atoms with Crippen LogP contribution in [0.4, 0.5) is 0 Å². The van der Waals surface area contributed by atoms with Crippen molar-refractivity contribution in [1.82, 2.24) is 0 Å². The van der Waals surface area contributed by atoms with Gasteiger partial charge in [0.05, 0.1) is 17.5 Å². The van der Waals surface area contributed by atoms with Crippen molar-refractivity contribution in [3.63, 3.8) is 0 Å². The van der Waals surface area contributed by atoms with Crippen LogP contribution in [0.15, 0.2) is 56.4 Å². The summed E-state index contributed by atoms with van der Waals surface area (Å²) in [5.74, 6) is 0. The van der Waals surface area contributed by atoms with Gasteiger partial charge < -0.3 is 0 Å². The molecule has 0 fully saturated rings. The number of hydrogen-bond donors (Lipinski definition) is 2. The van der Waals surface area contributed by atoms with E-state index < -0.39 is 5.41 Å². The summed E-state index contributed by atoms with van der Waals surface area (Å²) in [5.41, 5.74) is 4.21. The number of hydrogen-bond acceptors (Lipinski definition) is 5. The van der Waals surface area contributed by atoms with Crippen LogP contribution in [0.2, 0.25) is 0 Å². The third-order valence-electron chi connectivity index (χ3n) is 8.41. The van der Waals surface area contributed by atoms with Crippen molar-refractivity contribution in [2.24, 2.45) is 10.2 Å². The second kappa shape index (κ2) is 19.4. The standard InChI is InChI=1S/C35H53N3S2/c1-5-6-7-8-9-10-11-12-13-14-25-35(27-36,32-22-16-19-29(3)34(32)40)26-17-21-31(38-37-4)24-23-30-20-15-18-28(2)33(30)39/h15-16,18-20,22,31,39-40H,5-14,17,21,23-26H2,1-4H3/b38-37+. The predicted octanol–water partition coefficient (Wildman–Crippen LogP) is 11.2. The first-order valence-corrected chi connectivity index (χ1v) is 16.5. The smallest absolute Gasteiger partial charge is 0.0833 e. The van der Waals surface area contributed by atoms with Crippen molar-refractivity contribution in [2.45, 2.75) is 145 Å². The molecule has 0 saturated carbocycles. The minimum Gasteiger partial charge on any atom is -0.197 e. The zero-order valence-corrected chi connectivity index (χ0v) is 27.4. The van der Waals surface area contributed by atoms with Crippen LogP contribution in [0.25, 0.3) is 0 Å². The molecule has 0 aromatic heterocycles. The largest absolute Gasteiger partial charge is 0.197 e. The van der Waals surface area contributed by atoms with Crippen molar-refractivity contribution < 1.29 is 0 Å². The zero-order chi connectivity index (χ0) is 29.2. The second-order valence-corrected chi connectivity index (χ2v) is 12.5. The van der Waals surface area contributed by atoms with Gasteiger partial charge in [-0.15, -0.1) is 25.3 Å². The molecule has 0 bridgehead atoms. The fraction of sp³-hybridized carbons (Fsp3) is 0.629. The molecule has 2 rings (SSSR count). The van der Waals surface area contributed by atoms with Gasteiger partial charge in [0.2, 0.25) is 0 Å². The Bertz CT molecular complexity index is 1070. The molecule has 40 heavy (non-hydrogen) atoms. The van der Waals surface area contributed by atoms with E-state index in [1.807, 2.05) is 0 Å². The number of rotatable bonds is 20. The van der Waals surface area contributed by atoms with Gasteiger partial charge in [0.1, 0.15) is 0 Å². The zero-order valence-electron chi connectivity index (χ0n) is 25.6. The molecule has 2 atom stereocenters. The third-order valence-corrected chi connectivity index (χ3v) is 9.65. The van der Waals surface area contributed by atoms with Gasteiger partial charge >= 0.3 is 0 Å². The highest BCUT2D eigenvalue weighted by Gasteiger charge is 2.33. The maximum atomic E-state index is 10.6. The molecule has 2 aromatic carbocycles. The number of thiol groups is 2. The van der Waals surface area contributed by atoms with Gasteiger partial charge in [-0.05, 0) is 74.6 Å². The van der Waals surface area contributed by atoms with E-state index in [9.17, 15) is 5.26 Å². The molecule has 3 nitrogen and oxygen atoms in total. The van der Waals surface area contributed by atoms with Crippen molar-refractivity contribution in [3.05, 3.63) is 58.7 Å². The van der Waals surface area contributed by atoms with Gasteiger partial charge in [-0.3, -0.25) is 0 Å².